The summed E-state index contributed by atoms with van der Waals surface area (Å²) in [7, 11) is 2.30. The molecule has 2 saturated carbocycles. The van der Waals surface area contributed by atoms with E-state index < -0.39 is 0 Å². The molecule has 0 aromatic heterocycles. The molecule has 0 amide bonds. The quantitative estimate of drug-likeness (QED) is 0.798. The smallest absolute Gasteiger partial charge is 0.0249 e. The highest BCUT2D eigenvalue weighted by molar-refractivity contribution is 4.93. The van der Waals surface area contributed by atoms with Crippen LogP contribution in [-0.2, 0) is 0 Å². The van der Waals surface area contributed by atoms with Gasteiger partial charge in [-0.3, -0.25) is 4.90 Å². The third-order valence-electron chi connectivity index (χ3n) is 5.03. The number of rotatable bonds is 3. The lowest BCUT2D eigenvalue weighted by Gasteiger charge is -2.46. The average Bonchev–Trinajstić information content (AvgIpc) is 2.15. The Kier molecular flexibility index (Phi) is 3.91. The van der Waals surface area contributed by atoms with Gasteiger partial charge in [-0.2, -0.15) is 0 Å². The second-order valence-corrected chi connectivity index (χ2v) is 6.30. The lowest BCUT2D eigenvalue weighted by molar-refractivity contribution is 0.0522. The predicted octanol–water partition coefficient (Wildman–Crippen LogP) is 2.62. The number of hydrogen-bond acceptors (Lipinski definition) is 2. The van der Waals surface area contributed by atoms with E-state index in [2.05, 4.69) is 25.8 Å². The fourth-order valence-electron chi connectivity index (χ4n) is 3.34. The van der Waals surface area contributed by atoms with Crippen molar-refractivity contribution in [1.29, 1.82) is 0 Å². The first-order valence-corrected chi connectivity index (χ1v) is 7.07. The van der Waals surface area contributed by atoms with Crippen molar-refractivity contribution in [2.45, 2.75) is 70.5 Å². The van der Waals surface area contributed by atoms with Gasteiger partial charge in [0.25, 0.3) is 0 Å². The molecule has 94 valence electrons. The first-order valence-electron chi connectivity index (χ1n) is 7.07. The van der Waals surface area contributed by atoms with E-state index in [0.717, 1.165) is 17.9 Å². The van der Waals surface area contributed by atoms with Crippen LogP contribution in [0.5, 0.6) is 0 Å². The molecular weight excluding hydrogens is 196 g/mol. The van der Waals surface area contributed by atoms with Gasteiger partial charge in [-0.15, -0.1) is 0 Å². The Balaban J connectivity index is 1.94. The maximum absolute atomic E-state index is 6.32. The van der Waals surface area contributed by atoms with Crippen molar-refractivity contribution in [3.63, 3.8) is 0 Å². The van der Waals surface area contributed by atoms with Crippen LogP contribution in [0.15, 0.2) is 0 Å². The number of nitrogens with two attached hydrogens (primary N) is 1. The molecular formula is C14H28N2. The average molecular weight is 224 g/mol. The summed E-state index contributed by atoms with van der Waals surface area (Å²) >= 11 is 0. The van der Waals surface area contributed by atoms with E-state index in [9.17, 15) is 0 Å². The fourth-order valence-corrected chi connectivity index (χ4v) is 3.34. The molecule has 2 aliphatic carbocycles. The molecule has 2 N–H and O–H groups in total. The second-order valence-electron chi connectivity index (χ2n) is 6.30. The summed E-state index contributed by atoms with van der Waals surface area (Å²) in [5, 5.41) is 0. The third-order valence-corrected chi connectivity index (χ3v) is 5.03. The summed E-state index contributed by atoms with van der Waals surface area (Å²) in [5.41, 5.74) is 6.32. The Morgan fingerprint density at radius 1 is 1.12 bits per heavy atom. The molecule has 0 aromatic carbocycles. The van der Waals surface area contributed by atoms with Crippen molar-refractivity contribution in [2.75, 3.05) is 7.05 Å². The van der Waals surface area contributed by atoms with Gasteiger partial charge < -0.3 is 5.73 Å². The molecule has 2 rings (SSSR count). The zero-order valence-electron chi connectivity index (χ0n) is 11.2. The maximum Gasteiger partial charge on any atom is 0.0249 e. The molecule has 0 saturated heterocycles. The van der Waals surface area contributed by atoms with Gasteiger partial charge in [-0.1, -0.05) is 20.3 Å². The second kappa shape index (κ2) is 5.05. The van der Waals surface area contributed by atoms with E-state index in [0.29, 0.717) is 12.1 Å². The van der Waals surface area contributed by atoms with E-state index >= 15 is 0 Å². The largest absolute Gasteiger partial charge is 0.326 e. The van der Waals surface area contributed by atoms with E-state index in [1.165, 1.54) is 38.5 Å². The van der Waals surface area contributed by atoms with Crippen molar-refractivity contribution in [3.05, 3.63) is 0 Å². The van der Waals surface area contributed by atoms with Crippen LogP contribution >= 0.6 is 0 Å². The van der Waals surface area contributed by atoms with Crippen molar-refractivity contribution in [2.24, 2.45) is 17.6 Å². The Labute approximate surface area is 101 Å². The van der Waals surface area contributed by atoms with Crippen LogP contribution in [0.1, 0.15) is 52.4 Å². The molecule has 0 bridgehead atoms. The van der Waals surface area contributed by atoms with Gasteiger partial charge in [-0.05, 0) is 51.0 Å². The lowest BCUT2D eigenvalue weighted by Crippen LogP contribution is -2.55. The standard InChI is InChI=1S/C14H28N2/c1-10(2)11-7-8-13(15)14(9-11)16(3)12-5-4-6-12/h10-14H,4-9,15H2,1-3H3. The molecule has 0 heterocycles. The van der Waals surface area contributed by atoms with Crippen LogP contribution in [0, 0.1) is 11.8 Å². The summed E-state index contributed by atoms with van der Waals surface area (Å²) in [4.78, 5) is 2.60. The minimum Gasteiger partial charge on any atom is -0.326 e. The molecule has 2 heteroatoms. The Morgan fingerprint density at radius 3 is 2.31 bits per heavy atom. The molecule has 0 spiro atoms. The summed E-state index contributed by atoms with van der Waals surface area (Å²) in [5.74, 6) is 1.72. The molecule has 3 unspecified atom stereocenters. The third kappa shape index (κ3) is 2.43. The Morgan fingerprint density at radius 2 is 1.81 bits per heavy atom. The first kappa shape index (κ1) is 12.4. The van der Waals surface area contributed by atoms with Gasteiger partial charge in [0.05, 0.1) is 0 Å². The first-order chi connectivity index (χ1) is 7.59. The number of likely N-dealkylation sites (N-methyl/N-ethyl adjacent to an activating group) is 1. The van der Waals surface area contributed by atoms with Crippen LogP contribution < -0.4 is 5.73 Å². The summed E-state index contributed by atoms with van der Waals surface area (Å²) < 4.78 is 0. The highest BCUT2D eigenvalue weighted by atomic mass is 15.2. The SMILES string of the molecule is CC(C)C1CCC(N)C(N(C)C2CCC2)C1. The highest BCUT2D eigenvalue weighted by Crippen LogP contribution is 2.35. The number of nitrogens with zero attached hydrogens (tertiary/aromatic N) is 1. The Bertz CT molecular complexity index is 223. The van der Waals surface area contributed by atoms with Crippen LogP contribution in [0.3, 0.4) is 0 Å². The van der Waals surface area contributed by atoms with Crippen LogP contribution in [0.25, 0.3) is 0 Å². The van der Waals surface area contributed by atoms with Crippen molar-refractivity contribution in [3.8, 4) is 0 Å². The monoisotopic (exact) mass is 224 g/mol. The van der Waals surface area contributed by atoms with Gasteiger partial charge >= 0.3 is 0 Å². The maximum atomic E-state index is 6.32. The van der Waals surface area contributed by atoms with Crippen molar-refractivity contribution >= 4 is 0 Å². The zero-order valence-corrected chi connectivity index (χ0v) is 11.2. The minimum atomic E-state index is 0.417. The van der Waals surface area contributed by atoms with Crippen LogP contribution in [-0.4, -0.2) is 30.1 Å². The van der Waals surface area contributed by atoms with E-state index in [-0.39, 0.29) is 0 Å². The lowest BCUT2D eigenvalue weighted by atomic mass is 9.75. The topological polar surface area (TPSA) is 29.3 Å². The zero-order chi connectivity index (χ0) is 11.7. The molecule has 0 aromatic rings. The molecule has 2 fully saturated rings. The molecule has 0 radical (unpaired) electrons. The van der Waals surface area contributed by atoms with Gasteiger partial charge in [0.2, 0.25) is 0 Å². The minimum absolute atomic E-state index is 0.417. The highest BCUT2D eigenvalue weighted by Gasteiger charge is 2.36. The summed E-state index contributed by atoms with van der Waals surface area (Å²) in [6, 6.07) is 1.90. The molecule has 2 nitrogen and oxygen atoms in total. The van der Waals surface area contributed by atoms with Crippen molar-refractivity contribution in [1.82, 2.24) is 4.90 Å². The van der Waals surface area contributed by atoms with Gasteiger partial charge in [-0.25, -0.2) is 0 Å². The van der Waals surface area contributed by atoms with Crippen LogP contribution in [0.2, 0.25) is 0 Å². The summed E-state index contributed by atoms with van der Waals surface area (Å²) in [6.45, 7) is 4.73. The molecule has 2 aliphatic rings. The summed E-state index contributed by atoms with van der Waals surface area (Å²) in [6.07, 6.45) is 8.10. The fraction of sp³-hybridized carbons (Fsp3) is 1.00. The molecule has 0 aliphatic heterocycles. The van der Waals surface area contributed by atoms with Gasteiger partial charge in [0, 0.05) is 18.1 Å². The normalized spacial score (nSPS) is 36.8. The molecule has 3 atom stereocenters. The van der Waals surface area contributed by atoms with Crippen molar-refractivity contribution < 1.29 is 0 Å². The molecule has 16 heavy (non-hydrogen) atoms. The van der Waals surface area contributed by atoms with E-state index in [4.69, 9.17) is 5.73 Å². The van der Waals surface area contributed by atoms with E-state index in [1.807, 2.05) is 0 Å². The predicted molar refractivity (Wildman–Crippen MR) is 69.3 cm³/mol. The van der Waals surface area contributed by atoms with Gasteiger partial charge in [0.1, 0.15) is 0 Å². The van der Waals surface area contributed by atoms with E-state index in [1.54, 1.807) is 0 Å². The Hall–Kier alpha value is -0.0800. The van der Waals surface area contributed by atoms with Gasteiger partial charge in [0.15, 0.2) is 0 Å². The van der Waals surface area contributed by atoms with Crippen LogP contribution in [0.4, 0.5) is 0 Å². The number of hydrogen-bond donors (Lipinski definition) is 1.